The standard InChI is InChI=1S/C44H48ClN7O7S2/c1-49(24-22-43(53)47-55)23-21-36(31-60-38-8-3-2-4-9-38)46-41-20-19-39(29-42(41)52(56)57)61(58,59)48-44(54)33-13-17-37(18-14-33)51-27-25-50(26-28-51)30-34-7-5-6-10-40(34)32-11-15-35(45)16-12-32/h2-20,29,36,46,55H,21-28,30-31H2,1H3,(H,47,53)(H,48,54). The number of anilines is 2. The Balaban J connectivity index is 1.06. The second kappa shape index (κ2) is 21.3. The molecular formula is C44H48ClN7O7S2. The van der Waals surface area contributed by atoms with Crippen LogP contribution in [0.1, 0.15) is 28.8 Å². The Morgan fingerprint density at radius 1 is 0.902 bits per heavy atom. The second-order valence-electron chi connectivity index (χ2n) is 14.7. The summed E-state index contributed by atoms with van der Waals surface area (Å²) in [5.41, 5.74) is 5.81. The molecule has 1 aliphatic rings. The normalized spacial score (nSPS) is 13.7. The third-order valence-electron chi connectivity index (χ3n) is 10.4. The average Bonchev–Trinajstić information content (AvgIpc) is 3.27. The molecule has 1 unspecified atom stereocenters. The molecule has 5 aromatic rings. The Labute approximate surface area is 365 Å². The van der Waals surface area contributed by atoms with E-state index in [2.05, 4.69) is 32.0 Å². The highest BCUT2D eigenvalue weighted by Gasteiger charge is 2.26. The summed E-state index contributed by atoms with van der Waals surface area (Å²) < 4.78 is 28.9. The van der Waals surface area contributed by atoms with E-state index < -0.39 is 37.3 Å². The smallest absolute Gasteiger partial charge is 0.293 e. The van der Waals surface area contributed by atoms with Gasteiger partial charge in [0.05, 0.1) is 9.82 Å². The molecule has 61 heavy (non-hydrogen) atoms. The lowest BCUT2D eigenvalue weighted by atomic mass is 9.99. The van der Waals surface area contributed by atoms with Gasteiger partial charge in [-0.15, -0.1) is 11.8 Å². The Hall–Kier alpha value is -5.49. The fourth-order valence-corrected chi connectivity index (χ4v) is 9.07. The van der Waals surface area contributed by atoms with E-state index in [0.717, 1.165) is 54.9 Å². The van der Waals surface area contributed by atoms with Crippen molar-refractivity contribution in [3.05, 3.63) is 148 Å². The molecule has 1 heterocycles. The highest BCUT2D eigenvalue weighted by Crippen LogP contribution is 2.31. The molecule has 14 nitrogen and oxygen atoms in total. The number of piperazine rings is 1. The van der Waals surface area contributed by atoms with E-state index >= 15 is 0 Å². The van der Waals surface area contributed by atoms with Gasteiger partial charge in [0, 0.05) is 84.7 Å². The first-order valence-electron chi connectivity index (χ1n) is 19.7. The Bertz CT molecular complexity index is 2380. The molecule has 4 N–H and O–H groups in total. The molecule has 0 bridgehead atoms. The number of halogens is 1. The molecule has 1 atom stereocenters. The molecule has 1 fully saturated rings. The number of carbonyl (C=O) groups is 2. The van der Waals surface area contributed by atoms with Crippen molar-refractivity contribution < 1.29 is 28.1 Å². The van der Waals surface area contributed by atoms with Crippen molar-refractivity contribution in [2.75, 3.05) is 62.3 Å². The number of benzene rings is 5. The molecule has 0 spiro atoms. The van der Waals surface area contributed by atoms with E-state index in [1.54, 1.807) is 41.5 Å². The highest BCUT2D eigenvalue weighted by molar-refractivity contribution is 7.99. The average molecular weight is 886 g/mol. The number of nitro benzene ring substituents is 1. The number of nitrogens with zero attached hydrogens (tertiary/aromatic N) is 4. The van der Waals surface area contributed by atoms with Crippen molar-refractivity contribution in [3.63, 3.8) is 0 Å². The first-order chi connectivity index (χ1) is 29.4. The lowest BCUT2D eigenvalue weighted by Gasteiger charge is -2.36. The zero-order valence-corrected chi connectivity index (χ0v) is 36.0. The van der Waals surface area contributed by atoms with Gasteiger partial charge < -0.3 is 15.1 Å². The molecule has 0 radical (unpaired) electrons. The Kier molecular flexibility index (Phi) is 15.8. The maximum Gasteiger partial charge on any atom is 0.293 e. The number of amides is 2. The summed E-state index contributed by atoms with van der Waals surface area (Å²) in [7, 11) is -2.67. The first-order valence-corrected chi connectivity index (χ1v) is 22.6. The lowest BCUT2D eigenvalue weighted by Crippen LogP contribution is -2.46. The minimum atomic E-state index is -4.49. The van der Waals surface area contributed by atoms with Gasteiger partial charge in [-0.3, -0.25) is 29.8 Å². The van der Waals surface area contributed by atoms with Gasteiger partial charge in [0.1, 0.15) is 5.69 Å². The van der Waals surface area contributed by atoms with Gasteiger partial charge in [-0.25, -0.2) is 18.6 Å². The van der Waals surface area contributed by atoms with Crippen LogP contribution in [0.25, 0.3) is 11.1 Å². The van der Waals surface area contributed by atoms with Crippen LogP contribution in [-0.4, -0.2) is 98.3 Å². The summed E-state index contributed by atoms with van der Waals surface area (Å²) in [4.78, 5) is 43.5. The minimum Gasteiger partial charge on any atom is -0.376 e. The zero-order valence-electron chi connectivity index (χ0n) is 33.6. The SMILES string of the molecule is CN(CCC(=O)NO)CCC(CSc1ccccc1)Nc1ccc(S(=O)(=O)NC(=O)c2ccc(N3CCN(Cc4ccccc4-c4ccc(Cl)cc4)CC3)cc2)cc1[N+](=O)[O-]. The number of hydrogen-bond donors (Lipinski definition) is 4. The van der Waals surface area contributed by atoms with Crippen molar-refractivity contribution in [2.45, 2.75) is 35.2 Å². The van der Waals surface area contributed by atoms with Gasteiger partial charge in [-0.2, -0.15) is 0 Å². The predicted octanol–water partition coefficient (Wildman–Crippen LogP) is 7.15. The molecule has 6 rings (SSSR count). The summed E-state index contributed by atoms with van der Waals surface area (Å²) in [6.45, 7) is 4.89. The number of hydrogen-bond acceptors (Lipinski definition) is 12. The number of hydroxylamine groups is 1. The maximum atomic E-state index is 13.4. The van der Waals surface area contributed by atoms with Crippen LogP contribution in [0, 0.1) is 10.1 Å². The van der Waals surface area contributed by atoms with Crippen molar-refractivity contribution >= 4 is 62.3 Å². The van der Waals surface area contributed by atoms with Crippen LogP contribution in [0.3, 0.4) is 0 Å². The van der Waals surface area contributed by atoms with E-state index in [4.69, 9.17) is 16.8 Å². The summed E-state index contributed by atoms with van der Waals surface area (Å²) in [6.07, 6.45) is 0.620. The Morgan fingerprint density at radius 3 is 2.28 bits per heavy atom. The van der Waals surface area contributed by atoms with Crippen molar-refractivity contribution in [1.29, 1.82) is 0 Å². The fourth-order valence-electron chi connectivity index (χ4n) is 6.96. The molecule has 0 saturated carbocycles. The zero-order chi connectivity index (χ0) is 43.4. The monoisotopic (exact) mass is 885 g/mol. The fraction of sp³-hybridized carbons (Fsp3) is 0.273. The number of sulfonamides is 1. The van der Waals surface area contributed by atoms with Crippen LogP contribution in [0.2, 0.25) is 5.02 Å². The molecule has 17 heteroatoms. The van der Waals surface area contributed by atoms with Gasteiger partial charge in [0.2, 0.25) is 5.91 Å². The van der Waals surface area contributed by atoms with E-state index in [0.29, 0.717) is 30.3 Å². The quantitative estimate of drug-likeness (QED) is 0.0286. The molecule has 1 saturated heterocycles. The van der Waals surface area contributed by atoms with Gasteiger partial charge >= 0.3 is 0 Å². The van der Waals surface area contributed by atoms with Crippen LogP contribution in [0.15, 0.2) is 131 Å². The van der Waals surface area contributed by atoms with Gasteiger partial charge in [0.25, 0.3) is 21.6 Å². The lowest BCUT2D eigenvalue weighted by molar-refractivity contribution is -0.384. The van der Waals surface area contributed by atoms with Gasteiger partial charge in [-0.1, -0.05) is 66.2 Å². The van der Waals surface area contributed by atoms with Crippen molar-refractivity contribution in [2.24, 2.45) is 0 Å². The number of carbonyl (C=O) groups excluding carboxylic acids is 2. The molecule has 1 aliphatic heterocycles. The molecular weight excluding hydrogens is 838 g/mol. The van der Waals surface area contributed by atoms with E-state index in [1.807, 2.05) is 78.7 Å². The Morgan fingerprint density at radius 2 is 1.59 bits per heavy atom. The van der Waals surface area contributed by atoms with Crippen LogP contribution in [-0.2, 0) is 21.4 Å². The van der Waals surface area contributed by atoms with E-state index in [-0.39, 0.29) is 23.7 Å². The summed E-state index contributed by atoms with van der Waals surface area (Å²) >= 11 is 7.67. The third kappa shape index (κ3) is 12.8. The highest BCUT2D eigenvalue weighted by atomic mass is 35.5. The molecule has 0 aliphatic carbocycles. The predicted molar refractivity (Wildman–Crippen MR) is 240 cm³/mol. The summed E-state index contributed by atoms with van der Waals surface area (Å²) in [5, 5.41) is 25.0. The van der Waals surface area contributed by atoms with Gasteiger partial charge in [0.15, 0.2) is 0 Å². The molecule has 0 aromatic heterocycles. The molecule has 2 amide bonds. The summed E-state index contributed by atoms with van der Waals surface area (Å²) in [5.74, 6) is -0.844. The van der Waals surface area contributed by atoms with Crippen molar-refractivity contribution in [1.82, 2.24) is 20.0 Å². The second-order valence-corrected chi connectivity index (χ2v) is 17.9. The summed E-state index contributed by atoms with van der Waals surface area (Å²) in [6, 6.07) is 35.8. The molecule has 5 aromatic carbocycles. The van der Waals surface area contributed by atoms with Crippen molar-refractivity contribution in [3.8, 4) is 11.1 Å². The van der Waals surface area contributed by atoms with Crippen LogP contribution >= 0.6 is 23.4 Å². The van der Waals surface area contributed by atoms with Gasteiger partial charge in [-0.05, 0) is 97.4 Å². The van der Waals surface area contributed by atoms with Crippen LogP contribution in [0.5, 0.6) is 0 Å². The number of nitrogens with one attached hydrogen (secondary N) is 3. The van der Waals surface area contributed by atoms with E-state index in [1.165, 1.54) is 23.3 Å². The minimum absolute atomic E-state index is 0.0923. The van der Waals surface area contributed by atoms with E-state index in [9.17, 15) is 28.1 Å². The third-order valence-corrected chi connectivity index (χ3v) is 13.2. The largest absolute Gasteiger partial charge is 0.376 e. The topological polar surface area (TPSA) is 177 Å². The maximum absolute atomic E-state index is 13.4. The van der Waals surface area contributed by atoms with Crippen LogP contribution in [0.4, 0.5) is 17.1 Å². The molecule has 320 valence electrons. The van der Waals surface area contributed by atoms with Crippen LogP contribution < -0.4 is 20.4 Å². The number of nitro groups is 1. The number of thioether (sulfide) groups is 1. The number of rotatable bonds is 19. The first kappa shape index (κ1) is 45.0.